The van der Waals surface area contributed by atoms with Crippen LogP contribution in [0.15, 0.2) is 71.6 Å². The number of amides is 1. The molecule has 1 amide bonds. The number of fused-ring (bicyclic) bond motifs is 1. The smallest absolute Gasteiger partial charge is 0.241 e. The molecule has 1 heterocycles. The number of carbonyl (C=O) groups excluding carboxylic acids is 1. The van der Waals surface area contributed by atoms with E-state index in [0.717, 1.165) is 16.0 Å². The monoisotopic (exact) mass is 384 g/mol. The van der Waals surface area contributed by atoms with Crippen molar-refractivity contribution in [1.29, 1.82) is 0 Å². The summed E-state index contributed by atoms with van der Waals surface area (Å²) < 4.78 is 0.846. The topological polar surface area (TPSA) is 80.9 Å². The first-order valence-electron chi connectivity index (χ1n) is 7.23. The molecule has 3 aromatic rings. The van der Waals surface area contributed by atoms with E-state index in [1.807, 2.05) is 18.2 Å². The number of benzene rings is 2. The van der Waals surface area contributed by atoms with Crippen LogP contribution in [0.2, 0.25) is 0 Å². The fourth-order valence-electron chi connectivity index (χ4n) is 1.97. The van der Waals surface area contributed by atoms with E-state index >= 15 is 0 Å². The normalized spacial score (nSPS) is 10.2. The number of hydrogen-bond donors (Lipinski definition) is 2. The summed E-state index contributed by atoms with van der Waals surface area (Å²) in [6.45, 7) is 1.74. The Kier molecular flexibility index (Phi) is 6.45. The zero-order valence-corrected chi connectivity index (χ0v) is 14.7. The Balaban J connectivity index is 0.000000301. The van der Waals surface area contributed by atoms with Crippen molar-refractivity contribution in [3.63, 3.8) is 0 Å². The lowest BCUT2D eigenvalue weighted by Gasteiger charge is -2.07. The van der Waals surface area contributed by atoms with Crippen LogP contribution in [0.1, 0.15) is 6.92 Å². The summed E-state index contributed by atoms with van der Waals surface area (Å²) in [6, 6.07) is 14.5. The van der Waals surface area contributed by atoms with Gasteiger partial charge in [-0.25, -0.2) is 9.97 Å². The molecule has 0 bridgehead atoms. The van der Waals surface area contributed by atoms with E-state index in [0.29, 0.717) is 0 Å². The molecular formula is C18H17BrN4O. The second kappa shape index (κ2) is 8.79. The van der Waals surface area contributed by atoms with Crippen LogP contribution in [-0.2, 0) is 4.79 Å². The average Bonchev–Trinajstić information content (AvgIpc) is 2.57. The molecule has 122 valence electrons. The van der Waals surface area contributed by atoms with Crippen LogP contribution < -0.4 is 11.1 Å². The maximum Gasteiger partial charge on any atom is 0.241 e. The highest BCUT2D eigenvalue weighted by atomic mass is 79.9. The van der Waals surface area contributed by atoms with Gasteiger partial charge in [0.05, 0.1) is 4.47 Å². The zero-order valence-electron chi connectivity index (χ0n) is 13.1. The highest BCUT2D eigenvalue weighted by Crippen LogP contribution is 2.24. The number of anilines is 2. The fraction of sp³-hybridized carbons (Fsp3) is 0.0556. The van der Waals surface area contributed by atoms with Crippen molar-refractivity contribution >= 4 is 44.1 Å². The first-order chi connectivity index (χ1) is 11.6. The van der Waals surface area contributed by atoms with E-state index in [1.54, 1.807) is 19.2 Å². The molecule has 3 N–H and O–H groups in total. The van der Waals surface area contributed by atoms with Gasteiger partial charge in [0.1, 0.15) is 12.1 Å². The van der Waals surface area contributed by atoms with E-state index in [1.165, 1.54) is 23.2 Å². The van der Waals surface area contributed by atoms with Gasteiger partial charge in [0.2, 0.25) is 5.91 Å². The number of aromatic nitrogens is 2. The largest absolute Gasteiger partial charge is 0.366 e. The maximum absolute atomic E-state index is 9.73. The van der Waals surface area contributed by atoms with Crippen molar-refractivity contribution in [2.45, 2.75) is 6.92 Å². The summed E-state index contributed by atoms with van der Waals surface area (Å²) in [5, 5.41) is 5.69. The molecule has 0 aliphatic rings. The molecule has 5 nitrogen and oxygen atoms in total. The Morgan fingerprint density at radius 1 is 1.21 bits per heavy atom. The van der Waals surface area contributed by atoms with E-state index in [-0.39, 0.29) is 0 Å². The van der Waals surface area contributed by atoms with Crippen LogP contribution in [0.25, 0.3) is 10.8 Å². The first kappa shape index (κ1) is 17.6. The standard InChI is InChI=1S/C14H10BrN3.C4H7NO/c15-13-8-16-9-17-14(13)18-12-6-5-10-3-1-2-4-11(10)7-12;1-2-3-4(5)6/h1-9H,(H,16,17,18);2-3H,1H3,(H2,5,6). The molecule has 0 spiro atoms. The lowest BCUT2D eigenvalue weighted by atomic mass is 10.1. The number of nitrogens with one attached hydrogen (secondary N) is 1. The fourth-order valence-corrected chi connectivity index (χ4v) is 2.29. The van der Waals surface area contributed by atoms with Crippen LogP contribution in [0.4, 0.5) is 11.5 Å². The van der Waals surface area contributed by atoms with Gasteiger partial charge in [-0.3, -0.25) is 4.79 Å². The predicted octanol–water partition coefficient (Wildman–Crippen LogP) is 4.18. The minimum absolute atomic E-state index is 0.391. The van der Waals surface area contributed by atoms with Crippen molar-refractivity contribution in [2.75, 3.05) is 5.32 Å². The van der Waals surface area contributed by atoms with Gasteiger partial charge >= 0.3 is 0 Å². The molecule has 0 fully saturated rings. The quantitative estimate of drug-likeness (QED) is 0.663. The van der Waals surface area contributed by atoms with Crippen molar-refractivity contribution in [1.82, 2.24) is 9.97 Å². The Hall–Kier alpha value is -2.73. The molecule has 0 atom stereocenters. The van der Waals surface area contributed by atoms with Crippen LogP contribution >= 0.6 is 15.9 Å². The minimum Gasteiger partial charge on any atom is -0.366 e. The predicted molar refractivity (Wildman–Crippen MR) is 101 cm³/mol. The summed E-state index contributed by atoms with van der Waals surface area (Å²) in [6.07, 6.45) is 6.15. The zero-order chi connectivity index (χ0) is 17.4. The number of nitrogens with zero attached hydrogens (tertiary/aromatic N) is 2. The van der Waals surface area contributed by atoms with Gasteiger partial charge in [0.15, 0.2) is 0 Å². The summed E-state index contributed by atoms with van der Waals surface area (Å²) >= 11 is 3.42. The van der Waals surface area contributed by atoms with E-state index in [4.69, 9.17) is 0 Å². The van der Waals surface area contributed by atoms with Gasteiger partial charge in [-0.1, -0.05) is 36.4 Å². The summed E-state index contributed by atoms with van der Waals surface area (Å²) in [5.41, 5.74) is 5.68. The third-order valence-corrected chi connectivity index (χ3v) is 3.59. The Morgan fingerprint density at radius 3 is 2.58 bits per heavy atom. The van der Waals surface area contributed by atoms with Crippen molar-refractivity contribution < 1.29 is 4.79 Å². The lowest BCUT2D eigenvalue weighted by Crippen LogP contribution is -2.04. The highest BCUT2D eigenvalue weighted by Gasteiger charge is 2.01. The van der Waals surface area contributed by atoms with E-state index < -0.39 is 5.91 Å². The number of rotatable bonds is 3. The van der Waals surface area contributed by atoms with Crippen LogP contribution in [0, 0.1) is 0 Å². The Morgan fingerprint density at radius 2 is 1.96 bits per heavy atom. The van der Waals surface area contributed by atoms with Crippen LogP contribution in [-0.4, -0.2) is 15.9 Å². The highest BCUT2D eigenvalue weighted by molar-refractivity contribution is 9.10. The maximum atomic E-state index is 9.73. The van der Waals surface area contributed by atoms with Crippen molar-refractivity contribution in [2.24, 2.45) is 5.73 Å². The number of allylic oxidation sites excluding steroid dienone is 1. The number of primary amides is 1. The SMILES string of the molecule is Brc1cncnc1Nc1ccc2ccccc2c1.CC=CC(N)=O. The van der Waals surface area contributed by atoms with Crippen LogP contribution in [0.3, 0.4) is 0 Å². The Bertz CT molecular complexity index is 864. The number of halogens is 1. The molecule has 0 aliphatic carbocycles. The molecule has 1 aromatic heterocycles. The molecular weight excluding hydrogens is 368 g/mol. The molecule has 0 saturated heterocycles. The van der Waals surface area contributed by atoms with Gasteiger partial charge in [-0.05, 0) is 51.8 Å². The molecule has 24 heavy (non-hydrogen) atoms. The number of carbonyl (C=O) groups is 1. The molecule has 0 unspecified atom stereocenters. The molecule has 3 rings (SSSR count). The van der Waals surface area contributed by atoms with E-state index in [9.17, 15) is 4.79 Å². The molecule has 0 aliphatic heterocycles. The third kappa shape index (κ3) is 5.17. The second-order valence-electron chi connectivity index (χ2n) is 4.81. The van der Waals surface area contributed by atoms with E-state index in [2.05, 4.69) is 61.2 Å². The molecule has 2 aromatic carbocycles. The molecule has 0 radical (unpaired) electrons. The second-order valence-corrected chi connectivity index (χ2v) is 5.66. The summed E-state index contributed by atoms with van der Waals surface area (Å²) in [7, 11) is 0. The Labute approximate surface area is 148 Å². The van der Waals surface area contributed by atoms with Gasteiger partial charge in [0, 0.05) is 11.9 Å². The van der Waals surface area contributed by atoms with Crippen LogP contribution in [0.5, 0.6) is 0 Å². The summed E-state index contributed by atoms with van der Waals surface area (Å²) in [5.74, 6) is 0.373. The van der Waals surface area contributed by atoms with Gasteiger partial charge in [0.25, 0.3) is 0 Å². The molecule has 6 heteroatoms. The summed E-state index contributed by atoms with van der Waals surface area (Å²) in [4.78, 5) is 17.9. The van der Waals surface area contributed by atoms with Gasteiger partial charge in [-0.15, -0.1) is 0 Å². The first-order valence-corrected chi connectivity index (χ1v) is 8.03. The number of hydrogen-bond acceptors (Lipinski definition) is 4. The van der Waals surface area contributed by atoms with Crippen molar-refractivity contribution in [3.8, 4) is 0 Å². The minimum atomic E-state index is -0.391. The van der Waals surface area contributed by atoms with Crippen molar-refractivity contribution in [3.05, 3.63) is 71.6 Å². The lowest BCUT2D eigenvalue weighted by molar-refractivity contribution is -0.113. The van der Waals surface area contributed by atoms with Gasteiger partial charge in [-0.2, -0.15) is 0 Å². The van der Waals surface area contributed by atoms with Gasteiger partial charge < -0.3 is 11.1 Å². The average molecular weight is 385 g/mol. The molecule has 0 saturated carbocycles. The number of nitrogens with two attached hydrogens (primary N) is 1. The third-order valence-electron chi connectivity index (χ3n) is 3.01.